The van der Waals surface area contributed by atoms with Gasteiger partial charge in [0.25, 0.3) is 5.91 Å². The van der Waals surface area contributed by atoms with Gasteiger partial charge in [-0.25, -0.2) is 4.79 Å². The van der Waals surface area contributed by atoms with Gasteiger partial charge in [0.15, 0.2) is 0 Å². The zero-order chi connectivity index (χ0) is 27.2. The van der Waals surface area contributed by atoms with Crippen LogP contribution in [0.15, 0.2) is 60.7 Å². The first-order valence-electron chi connectivity index (χ1n) is 13.7. The van der Waals surface area contributed by atoms with Crippen LogP contribution < -0.4 is 20.9 Å². The van der Waals surface area contributed by atoms with E-state index < -0.39 is 0 Å². The number of carbonyl (C=O) groups excluding carboxylic acids is 2. The van der Waals surface area contributed by atoms with Gasteiger partial charge in [-0.15, -0.1) is 0 Å². The molecule has 5 rings (SSSR count). The van der Waals surface area contributed by atoms with Gasteiger partial charge >= 0.3 is 6.03 Å². The van der Waals surface area contributed by atoms with Gasteiger partial charge in [0.2, 0.25) is 0 Å². The minimum atomic E-state index is -0.350. The fraction of sp³-hybridized carbons (Fsp3) is 0.355. The van der Waals surface area contributed by atoms with Crippen molar-refractivity contribution < 1.29 is 14.3 Å². The first-order chi connectivity index (χ1) is 19.0. The maximum atomic E-state index is 13.5. The van der Waals surface area contributed by atoms with Crippen LogP contribution in [0.3, 0.4) is 0 Å². The zero-order valence-corrected chi connectivity index (χ0v) is 22.8. The highest BCUT2D eigenvalue weighted by Gasteiger charge is 2.22. The Morgan fingerprint density at radius 3 is 2.33 bits per heavy atom. The van der Waals surface area contributed by atoms with E-state index in [-0.39, 0.29) is 11.9 Å². The molecule has 2 aliphatic heterocycles. The van der Waals surface area contributed by atoms with E-state index in [1.54, 1.807) is 6.07 Å². The summed E-state index contributed by atoms with van der Waals surface area (Å²) in [7, 11) is 0. The normalized spacial score (nSPS) is 15.4. The number of nitrogens with one attached hydrogen (secondary N) is 3. The maximum absolute atomic E-state index is 13.5. The second-order valence-corrected chi connectivity index (χ2v) is 10.3. The Labute approximate surface area is 230 Å². The molecule has 3 amide bonds. The Bertz CT molecular complexity index is 1340. The minimum absolute atomic E-state index is 0.143. The molecule has 39 heavy (non-hydrogen) atoms. The zero-order valence-electron chi connectivity index (χ0n) is 22.8. The summed E-state index contributed by atoms with van der Waals surface area (Å²) in [6, 6.07) is 19.5. The molecule has 204 valence electrons. The third-order valence-electron chi connectivity index (χ3n) is 7.55. The summed E-state index contributed by atoms with van der Waals surface area (Å²) in [5.74, 6) is -0.143. The molecule has 0 saturated carbocycles. The summed E-state index contributed by atoms with van der Waals surface area (Å²) in [5.41, 5.74) is 7.62. The Hall–Kier alpha value is -3.88. The van der Waals surface area contributed by atoms with Crippen molar-refractivity contribution in [2.45, 2.75) is 26.8 Å². The van der Waals surface area contributed by atoms with Crippen LogP contribution in [0.4, 0.5) is 21.9 Å². The molecule has 3 aromatic rings. The fourth-order valence-electron chi connectivity index (χ4n) is 5.13. The number of ether oxygens (including phenoxy) is 1. The minimum Gasteiger partial charge on any atom is -0.379 e. The number of anilines is 3. The standard InChI is InChI=1S/C31H37N5O3/c1-22-7-8-26(19-23(22)2)33-31(38)34-27-9-10-29(36-13-11-24-5-3-4-6-25(24)21-36)28(20-27)30(37)32-12-14-35-15-17-39-18-16-35/h3-10,19-20H,11-18,21H2,1-2H3,(H,32,37)(H2,33,34,38). The lowest BCUT2D eigenvalue weighted by Gasteiger charge is -2.32. The van der Waals surface area contributed by atoms with Gasteiger partial charge in [0, 0.05) is 56.3 Å². The van der Waals surface area contributed by atoms with E-state index in [2.05, 4.69) is 50.0 Å². The molecule has 0 unspecified atom stereocenters. The van der Waals surface area contributed by atoms with Gasteiger partial charge in [-0.3, -0.25) is 9.69 Å². The van der Waals surface area contributed by atoms with Gasteiger partial charge in [-0.2, -0.15) is 0 Å². The molecule has 0 spiro atoms. The number of morpholine rings is 1. The van der Waals surface area contributed by atoms with Crippen molar-refractivity contribution in [1.82, 2.24) is 10.2 Å². The summed E-state index contributed by atoms with van der Waals surface area (Å²) >= 11 is 0. The number of hydrogen-bond acceptors (Lipinski definition) is 5. The summed E-state index contributed by atoms with van der Waals surface area (Å²) in [4.78, 5) is 30.8. The number of hydrogen-bond donors (Lipinski definition) is 3. The maximum Gasteiger partial charge on any atom is 0.323 e. The monoisotopic (exact) mass is 527 g/mol. The molecular formula is C31H37N5O3. The molecule has 0 aromatic heterocycles. The van der Waals surface area contributed by atoms with Crippen LogP contribution in [-0.2, 0) is 17.7 Å². The highest BCUT2D eigenvalue weighted by molar-refractivity contribution is 6.04. The van der Waals surface area contributed by atoms with Gasteiger partial charge in [0.05, 0.1) is 18.8 Å². The highest BCUT2D eigenvalue weighted by Crippen LogP contribution is 2.30. The Kier molecular flexibility index (Phi) is 8.44. The summed E-state index contributed by atoms with van der Waals surface area (Å²) in [6.07, 6.45) is 0.923. The quantitative estimate of drug-likeness (QED) is 0.419. The molecule has 1 saturated heterocycles. The van der Waals surface area contributed by atoms with Gasteiger partial charge in [-0.1, -0.05) is 30.3 Å². The van der Waals surface area contributed by atoms with Crippen LogP contribution in [0.5, 0.6) is 0 Å². The molecule has 8 nitrogen and oxygen atoms in total. The average Bonchev–Trinajstić information content (AvgIpc) is 2.95. The first kappa shape index (κ1) is 26.7. The third kappa shape index (κ3) is 6.77. The number of nitrogens with zero attached hydrogens (tertiary/aromatic N) is 2. The van der Waals surface area contributed by atoms with Crippen LogP contribution >= 0.6 is 0 Å². The van der Waals surface area contributed by atoms with Gasteiger partial charge < -0.3 is 25.6 Å². The number of amides is 3. The van der Waals surface area contributed by atoms with Crippen molar-refractivity contribution in [3.05, 3.63) is 88.5 Å². The lowest BCUT2D eigenvalue weighted by atomic mass is 9.98. The van der Waals surface area contributed by atoms with Crippen LogP contribution in [0, 0.1) is 13.8 Å². The van der Waals surface area contributed by atoms with Crippen LogP contribution in [0.1, 0.15) is 32.6 Å². The number of carbonyl (C=O) groups is 2. The van der Waals surface area contributed by atoms with Crippen molar-refractivity contribution in [2.24, 2.45) is 0 Å². The van der Waals surface area contributed by atoms with Crippen LogP contribution in [0.2, 0.25) is 0 Å². The number of fused-ring (bicyclic) bond motifs is 1. The number of aryl methyl sites for hydroxylation is 2. The molecular weight excluding hydrogens is 490 g/mol. The Balaban J connectivity index is 1.32. The largest absolute Gasteiger partial charge is 0.379 e. The molecule has 2 heterocycles. The predicted molar refractivity (Wildman–Crippen MR) is 156 cm³/mol. The molecule has 3 N–H and O–H groups in total. The van der Waals surface area contributed by atoms with Crippen LogP contribution in [-0.4, -0.2) is 62.8 Å². The highest BCUT2D eigenvalue weighted by atomic mass is 16.5. The van der Waals surface area contributed by atoms with Gasteiger partial charge in [-0.05, 0) is 72.9 Å². The number of benzene rings is 3. The van der Waals surface area contributed by atoms with E-state index in [4.69, 9.17) is 4.74 Å². The number of rotatable bonds is 7. The molecule has 2 aliphatic rings. The first-order valence-corrected chi connectivity index (χ1v) is 13.7. The average molecular weight is 528 g/mol. The van der Waals surface area contributed by atoms with E-state index in [1.807, 2.05) is 44.2 Å². The third-order valence-corrected chi connectivity index (χ3v) is 7.55. The predicted octanol–water partition coefficient (Wildman–Crippen LogP) is 4.57. The molecule has 0 aliphatic carbocycles. The second-order valence-electron chi connectivity index (χ2n) is 10.3. The van der Waals surface area contributed by atoms with Crippen molar-refractivity contribution in [2.75, 3.05) is 61.5 Å². The van der Waals surface area contributed by atoms with E-state index in [1.165, 1.54) is 16.7 Å². The molecule has 0 atom stereocenters. The molecule has 3 aromatic carbocycles. The van der Waals surface area contributed by atoms with E-state index >= 15 is 0 Å². The lowest BCUT2D eigenvalue weighted by Crippen LogP contribution is -2.41. The van der Waals surface area contributed by atoms with E-state index in [0.717, 1.165) is 69.3 Å². The van der Waals surface area contributed by atoms with E-state index in [9.17, 15) is 9.59 Å². The van der Waals surface area contributed by atoms with Crippen LogP contribution in [0.25, 0.3) is 0 Å². The second kappa shape index (κ2) is 12.3. The van der Waals surface area contributed by atoms with Crippen molar-refractivity contribution in [3.8, 4) is 0 Å². The summed E-state index contributed by atoms with van der Waals surface area (Å²) in [6.45, 7) is 10.2. The smallest absolute Gasteiger partial charge is 0.323 e. The van der Waals surface area contributed by atoms with Gasteiger partial charge in [0.1, 0.15) is 0 Å². The SMILES string of the molecule is Cc1ccc(NC(=O)Nc2ccc(N3CCc4ccccc4C3)c(C(=O)NCCN3CCOCC3)c2)cc1C. The van der Waals surface area contributed by atoms with E-state index in [0.29, 0.717) is 17.8 Å². The van der Waals surface area contributed by atoms with Crippen molar-refractivity contribution in [1.29, 1.82) is 0 Å². The molecule has 0 radical (unpaired) electrons. The fourth-order valence-corrected chi connectivity index (χ4v) is 5.13. The Morgan fingerprint density at radius 1 is 0.846 bits per heavy atom. The summed E-state index contributed by atoms with van der Waals surface area (Å²) < 4.78 is 5.42. The van der Waals surface area contributed by atoms with Crippen molar-refractivity contribution >= 4 is 29.0 Å². The molecule has 8 heteroatoms. The molecule has 1 fully saturated rings. The number of urea groups is 1. The van der Waals surface area contributed by atoms with Crippen molar-refractivity contribution in [3.63, 3.8) is 0 Å². The topological polar surface area (TPSA) is 85.9 Å². The lowest BCUT2D eigenvalue weighted by molar-refractivity contribution is 0.0383. The summed E-state index contributed by atoms with van der Waals surface area (Å²) in [5, 5.41) is 8.89. The Morgan fingerprint density at radius 2 is 1.56 bits per heavy atom. The molecule has 0 bridgehead atoms.